The Hall–Kier alpha value is -2.21. The number of hydrogen-bond donors (Lipinski definition) is 2. The van der Waals surface area contributed by atoms with E-state index in [1.165, 1.54) is 0 Å². The van der Waals surface area contributed by atoms with Crippen LogP contribution in [0.3, 0.4) is 0 Å². The molecule has 2 aromatic rings. The second kappa shape index (κ2) is 6.81. The van der Waals surface area contributed by atoms with Gasteiger partial charge in [0.1, 0.15) is 6.61 Å². The molecule has 6 heteroatoms. The van der Waals surface area contributed by atoms with E-state index < -0.39 is 0 Å². The molecule has 0 atom stereocenters. The van der Waals surface area contributed by atoms with Crippen molar-refractivity contribution in [3.63, 3.8) is 0 Å². The summed E-state index contributed by atoms with van der Waals surface area (Å²) in [4.78, 5) is 0. The van der Waals surface area contributed by atoms with E-state index in [1.807, 2.05) is 37.6 Å². The van der Waals surface area contributed by atoms with Crippen LogP contribution in [-0.2, 0) is 13.6 Å². The van der Waals surface area contributed by atoms with Gasteiger partial charge in [0.05, 0.1) is 19.9 Å². The summed E-state index contributed by atoms with van der Waals surface area (Å²) in [6.07, 6.45) is 3.78. The molecule has 0 aliphatic heterocycles. The predicted octanol–water partition coefficient (Wildman–Crippen LogP) is 1.41. The molecule has 0 bridgehead atoms. The molecule has 108 valence electrons. The molecule has 2 N–H and O–H groups in total. The van der Waals surface area contributed by atoms with Crippen molar-refractivity contribution < 1.29 is 14.6 Å². The number of rotatable bonds is 7. The van der Waals surface area contributed by atoms with Gasteiger partial charge in [-0.25, -0.2) is 0 Å². The zero-order valence-corrected chi connectivity index (χ0v) is 11.7. The Morgan fingerprint density at radius 1 is 1.35 bits per heavy atom. The average molecular weight is 277 g/mol. The summed E-state index contributed by atoms with van der Waals surface area (Å²) < 4.78 is 12.4. The van der Waals surface area contributed by atoms with Crippen molar-refractivity contribution in [3.8, 4) is 11.5 Å². The normalized spacial score (nSPS) is 10.3. The van der Waals surface area contributed by atoms with Gasteiger partial charge in [-0.15, -0.1) is 0 Å². The number of aromatic nitrogens is 2. The number of nitrogens with zero attached hydrogens (tertiary/aromatic N) is 2. The van der Waals surface area contributed by atoms with Crippen molar-refractivity contribution >= 4 is 5.69 Å². The van der Waals surface area contributed by atoms with Gasteiger partial charge in [-0.05, 0) is 12.1 Å². The van der Waals surface area contributed by atoms with Crippen molar-refractivity contribution in [3.05, 3.63) is 36.2 Å². The van der Waals surface area contributed by atoms with Gasteiger partial charge in [-0.1, -0.05) is 0 Å². The molecule has 0 aliphatic carbocycles. The summed E-state index contributed by atoms with van der Waals surface area (Å²) in [6.45, 7) is 0.887. The van der Waals surface area contributed by atoms with E-state index in [2.05, 4.69) is 10.4 Å². The Morgan fingerprint density at radius 2 is 2.20 bits per heavy atom. The van der Waals surface area contributed by atoms with Crippen LogP contribution in [0.2, 0.25) is 0 Å². The number of nitrogens with one attached hydrogen (secondary N) is 1. The molecule has 6 nitrogen and oxygen atoms in total. The molecule has 0 spiro atoms. The first kappa shape index (κ1) is 14.2. The first-order valence-electron chi connectivity index (χ1n) is 6.36. The number of ether oxygens (including phenoxy) is 2. The first-order valence-corrected chi connectivity index (χ1v) is 6.36. The standard InChI is InChI=1S/C14H19N3O3/c1-17-10-11(9-16-17)8-15-12-3-4-13(19-2)14(7-12)20-6-5-18/h3-4,7,9-10,15,18H,5-6,8H2,1-2H3. The highest BCUT2D eigenvalue weighted by atomic mass is 16.5. The Kier molecular flexibility index (Phi) is 4.84. The van der Waals surface area contributed by atoms with Crippen molar-refractivity contribution in [2.75, 3.05) is 25.6 Å². The molecule has 0 unspecified atom stereocenters. The van der Waals surface area contributed by atoms with Crippen molar-refractivity contribution in [2.24, 2.45) is 7.05 Å². The highest BCUT2D eigenvalue weighted by molar-refractivity contribution is 5.54. The van der Waals surface area contributed by atoms with Crippen LogP contribution in [0.15, 0.2) is 30.6 Å². The zero-order chi connectivity index (χ0) is 14.4. The van der Waals surface area contributed by atoms with Gasteiger partial charge in [0.15, 0.2) is 11.5 Å². The number of aliphatic hydroxyl groups excluding tert-OH is 1. The molecule has 0 fully saturated rings. The SMILES string of the molecule is COc1ccc(NCc2cnn(C)c2)cc1OCCO. The summed E-state index contributed by atoms with van der Waals surface area (Å²) in [5.74, 6) is 1.25. The van der Waals surface area contributed by atoms with Gasteiger partial charge in [-0.2, -0.15) is 5.10 Å². The monoisotopic (exact) mass is 277 g/mol. The molecule has 0 radical (unpaired) electrons. The van der Waals surface area contributed by atoms with E-state index in [0.29, 0.717) is 18.0 Å². The molecule has 0 amide bonds. The number of anilines is 1. The number of benzene rings is 1. The van der Waals surface area contributed by atoms with Crippen LogP contribution in [0.5, 0.6) is 11.5 Å². The Balaban J connectivity index is 2.03. The minimum Gasteiger partial charge on any atom is -0.493 e. The third-order valence-corrected chi connectivity index (χ3v) is 2.77. The molecule has 2 rings (SSSR count). The lowest BCUT2D eigenvalue weighted by atomic mass is 10.2. The lowest BCUT2D eigenvalue weighted by Crippen LogP contribution is -2.04. The predicted molar refractivity (Wildman–Crippen MR) is 76.1 cm³/mol. The largest absolute Gasteiger partial charge is 0.493 e. The molecule has 20 heavy (non-hydrogen) atoms. The molecule has 0 aliphatic rings. The fraction of sp³-hybridized carbons (Fsp3) is 0.357. The first-order chi connectivity index (χ1) is 9.72. The summed E-state index contributed by atoms with van der Waals surface area (Å²) >= 11 is 0. The maximum Gasteiger partial charge on any atom is 0.163 e. The maximum atomic E-state index is 8.82. The van der Waals surface area contributed by atoms with Crippen molar-refractivity contribution in [1.29, 1.82) is 0 Å². The molecule has 1 aromatic carbocycles. The van der Waals surface area contributed by atoms with E-state index in [0.717, 1.165) is 11.3 Å². The van der Waals surface area contributed by atoms with E-state index in [9.17, 15) is 0 Å². The number of aryl methyl sites for hydroxylation is 1. The van der Waals surface area contributed by atoms with Crippen LogP contribution in [0, 0.1) is 0 Å². The van der Waals surface area contributed by atoms with Gasteiger partial charge >= 0.3 is 0 Å². The van der Waals surface area contributed by atoms with Crippen LogP contribution in [-0.4, -0.2) is 35.2 Å². The topological polar surface area (TPSA) is 68.5 Å². The second-order valence-corrected chi connectivity index (χ2v) is 4.31. The summed E-state index contributed by atoms with van der Waals surface area (Å²) in [7, 11) is 3.47. The third-order valence-electron chi connectivity index (χ3n) is 2.77. The molecule has 1 aromatic heterocycles. The van der Waals surface area contributed by atoms with Gasteiger partial charge < -0.3 is 19.9 Å². The molecule has 0 saturated carbocycles. The molecule has 1 heterocycles. The quantitative estimate of drug-likeness (QED) is 0.801. The van der Waals surface area contributed by atoms with E-state index in [-0.39, 0.29) is 13.2 Å². The summed E-state index contributed by atoms with van der Waals surface area (Å²) in [5.41, 5.74) is 2.02. The molecular formula is C14H19N3O3. The van der Waals surface area contributed by atoms with E-state index in [1.54, 1.807) is 11.8 Å². The highest BCUT2D eigenvalue weighted by Gasteiger charge is 2.06. The summed E-state index contributed by atoms with van der Waals surface area (Å²) in [6, 6.07) is 5.60. The Labute approximate surface area is 117 Å². The summed E-state index contributed by atoms with van der Waals surface area (Å²) in [5, 5.41) is 16.2. The lowest BCUT2D eigenvalue weighted by molar-refractivity contribution is 0.196. The highest BCUT2D eigenvalue weighted by Crippen LogP contribution is 2.30. The van der Waals surface area contributed by atoms with E-state index in [4.69, 9.17) is 14.6 Å². The Bertz CT molecular complexity index is 554. The fourth-order valence-corrected chi connectivity index (χ4v) is 1.82. The number of methoxy groups -OCH3 is 1. The van der Waals surface area contributed by atoms with Crippen molar-refractivity contribution in [2.45, 2.75) is 6.54 Å². The van der Waals surface area contributed by atoms with Crippen LogP contribution in [0.4, 0.5) is 5.69 Å². The van der Waals surface area contributed by atoms with Crippen LogP contribution in [0.25, 0.3) is 0 Å². The van der Waals surface area contributed by atoms with E-state index >= 15 is 0 Å². The van der Waals surface area contributed by atoms with Gasteiger partial charge in [0.25, 0.3) is 0 Å². The van der Waals surface area contributed by atoms with Crippen LogP contribution in [0.1, 0.15) is 5.56 Å². The van der Waals surface area contributed by atoms with Crippen LogP contribution < -0.4 is 14.8 Å². The van der Waals surface area contributed by atoms with Gasteiger partial charge in [0.2, 0.25) is 0 Å². The third kappa shape index (κ3) is 3.64. The molecular weight excluding hydrogens is 258 g/mol. The zero-order valence-electron chi connectivity index (χ0n) is 11.7. The van der Waals surface area contributed by atoms with Crippen LogP contribution >= 0.6 is 0 Å². The van der Waals surface area contributed by atoms with Gasteiger partial charge in [-0.3, -0.25) is 4.68 Å². The second-order valence-electron chi connectivity index (χ2n) is 4.31. The van der Waals surface area contributed by atoms with Crippen molar-refractivity contribution in [1.82, 2.24) is 9.78 Å². The van der Waals surface area contributed by atoms with Gasteiger partial charge in [0, 0.05) is 37.1 Å². The Morgan fingerprint density at radius 3 is 2.85 bits per heavy atom. The average Bonchev–Trinajstić information content (AvgIpc) is 2.88. The minimum absolute atomic E-state index is 0.0313. The number of hydrogen-bond acceptors (Lipinski definition) is 5. The fourth-order valence-electron chi connectivity index (χ4n) is 1.82. The number of aliphatic hydroxyl groups is 1. The molecule has 0 saturated heterocycles. The minimum atomic E-state index is -0.0313. The lowest BCUT2D eigenvalue weighted by Gasteiger charge is -2.12. The smallest absolute Gasteiger partial charge is 0.163 e. The maximum absolute atomic E-state index is 8.82.